The van der Waals surface area contributed by atoms with Crippen molar-refractivity contribution >= 4 is 22.3 Å². The fourth-order valence-corrected chi connectivity index (χ4v) is 2.63. The molecule has 0 radical (unpaired) electrons. The van der Waals surface area contributed by atoms with Crippen LogP contribution < -0.4 is 11.1 Å². The molecule has 1 fully saturated rings. The minimum atomic E-state index is 0.384. The highest BCUT2D eigenvalue weighted by Crippen LogP contribution is 2.27. The Morgan fingerprint density at radius 1 is 1.42 bits per heavy atom. The Balaban J connectivity index is 1.90. The van der Waals surface area contributed by atoms with Crippen molar-refractivity contribution in [2.24, 2.45) is 5.92 Å². The number of nitrogens with one attached hydrogen (secondary N) is 1. The molecule has 4 heteroatoms. The topological polar surface area (TPSA) is 60.2 Å². The van der Waals surface area contributed by atoms with Gasteiger partial charge in [0, 0.05) is 35.8 Å². The zero-order valence-corrected chi connectivity index (χ0v) is 11.1. The summed E-state index contributed by atoms with van der Waals surface area (Å²) in [4.78, 5) is 4.36. The van der Waals surface area contributed by atoms with Crippen molar-refractivity contribution in [1.82, 2.24) is 4.98 Å². The smallest absolute Gasteiger partial charge is 0.0951 e. The van der Waals surface area contributed by atoms with Gasteiger partial charge in [0.2, 0.25) is 0 Å². The summed E-state index contributed by atoms with van der Waals surface area (Å²) in [6, 6.07) is 8.29. The van der Waals surface area contributed by atoms with E-state index in [0.29, 0.717) is 12.0 Å². The molecular weight excluding hydrogens is 238 g/mol. The lowest BCUT2D eigenvalue weighted by Crippen LogP contribution is -2.26. The lowest BCUT2D eigenvalue weighted by Gasteiger charge is -2.21. The summed E-state index contributed by atoms with van der Waals surface area (Å²) in [7, 11) is 0. The molecule has 0 aliphatic carbocycles. The van der Waals surface area contributed by atoms with Gasteiger partial charge in [-0.3, -0.25) is 4.98 Å². The molecule has 0 saturated carbocycles. The van der Waals surface area contributed by atoms with Crippen LogP contribution in [0.5, 0.6) is 0 Å². The Morgan fingerprint density at radius 3 is 3.11 bits per heavy atom. The van der Waals surface area contributed by atoms with Crippen LogP contribution in [-0.2, 0) is 4.74 Å². The molecule has 1 aliphatic heterocycles. The van der Waals surface area contributed by atoms with Gasteiger partial charge in [-0.2, -0.15) is 0 Å². The first-order valence-corrected chi connectivity index (χ1v) is 6.73. The summed E-state index contributed by atoms with van der Waals surface area (Å²) in [6.07, 6.45) is 2.93. The van der Waals surface area contributed by atoms with Gasteiger partial charge >= 0.3 is 0 Å². The molecule has 1 aliphatic rings. The number of anilines is 2. The van der Waals surface area contributed by atoms with Gasteiger partial charge in [0.25, 0.3) is 0 Å². The molecule has 0 bridgehead atoms. The number of nitrogens with zero attached hydrogens (tertiary/aromatic N) is 1. The number of hydrogen-bond acceptors (Lipinski definition) is 4. The van der Waals surface area contributed by atoms with E-state index >= 15 is 0 Å². The fraction of sp³-hybridized carbons (Fsp3) is 0.400. The number of pyridine rings is 1. The Labute approximate surface area is 113 Å². The largest absolute Gasteiger partial charge is 0.397 e. The van der Waals surface area contributed by atoms with Crippen LogP contribution in [0.2, 0.25) is 0 Å². The molecule has 3 N–H and O–H groups in total. The molecular formula is C15H19N3O. The average molecular weight is 257 g/mol. The highest BCUT2D eigenvalue weighted by molar-refractivity contribution is 5.97. The lowest BCUT2D eigenvalue weighted by molar-refractivity contribution is 0.183. The maximum Gasteiger partial charge on any atom is 0.0951 e. The maximum absolute atomic E-state index is 5.97. The van der Waals surface area contributed by atoms with Crippen LogP contribution in [0, 0.1) is 5.92 Å². The number of nitrogens with two attached hydrogens (primary N) is 1. The predicted molar refractivity (Wildman–Crippen MR) is 78.2 cm³/mol. The van der Waals surface area contributed by atoms with Crippen LogP contribution in [0.4, 0.5) is 11.4 Å². The normalized spacial score (nSPS) is 20.6. The van der Waals surface area contributed by atoms with E-state index in [1.54, 1.807) is 6.20 Å². The summed E-state index contributed by atoms with van der Waals surface area (Å²) in [6.45, 7) is 3.93. The molecule has 0 spiro atoms. The van der Waals surface area contributed by atoms with Crippen LogP contribution in [0.1, 0.15) is 13.3 Å². The van der Waals surface area contributed by atoms with Gasteiger partial charge in [-0.05, 0) is 25.5 Å². The molecule has 1 aromatic carbocycles. The molecule has 0 amide bonds. The monoisotopic (exact) mass is 257 g/mol. The minimum absolute atomic E-state index is 0.384. The van der Waals surface area contributed by atoms with Crippen molar-refractivity contribution in [1.29, 1.82) is 0 Å². The second-order valence-electron chi connectivity index (χ2n) is 5.16. The van der Waals surface area contributed by atoms with E-state index in [4.69, 9.17) is 10.5 Å². The zero-order chi connectivity index (χ0) is 13.2. The summed E-state index contributed by atoms with van der Waals surface area (Å²) in [5.74, 6) is 0.573. The van der Waals surface area contributed by atoms with E-state index in [1.165, 1.54) is 0 Å². The van der Waals surface area contributed by atoms with Crippen molar-refractivity contribution < 1.29 is 4.74 Å². The third-order valence-electron chi connectivity index (χ3n) is 3.86. The summed E-state index contributed by atoms with van der Waals surface area (Å²) in [5, 5.41) is 4.66. The van der Waals surface area contributed by atoms with Gasteiger partial charge in [-0.15, -0.1) is 0 Å². The molecule has 19 heavy (non-hydrogen) atoms. The van der Waals surface area contributed by atoms with Crippen LogP contribution in [-0.4, -0.2) is 24.2 Å². The number of hydrogen-bond donors (Lipinski definition) is 2. The number of rotatable bonds is 3. The van der Waals surface area contributed by atoms with Gasteiger partial charge in [0.1, 0.15) is 0 Å². The molecule has 1 aromatic heterocycles. The highest BCUT2D eigenvalue weighted by Gasteiger charge is 2.22. The molecule has 4 nitrogen and oxygen atoms in total. The van der Waals surface area contributed by atoms with Crippen LogP contribution in [0.15, 0.2) is 30.5 Å². The quantitative estimate of drug-likeness (QED) is 0.830. The van der Waals surface area contributed by atoms with Gasteiger partial charge in [-0.25, -0.2) is 0 Å². The predicted octanol–water partition coefficient (Wildman–Crippen LogP) is 2.65. The summed E-state index contributed by atoms with van der Waals surface area (Å²) < 4.78 is 5.45. The first kappa shape index (κ1) is 12.2. The van der Waals surface area contributed by atoms with Crippen molar-refractivity contribution in [3.8, 4) is 0 Å². The van der Waals surface area contributed by atoms with Crippen molar-refractivity contribution in [3.05, 3.63) is 30.5 Å². The maximum atomic E-state index is 5.97. The second kappa shape index (κ2) is 5.05. The molecule has 2 atom stereocenters. The number of para-hydroxylation sites is 1. The number of nitrogen functional groups attached to an aromatic ring is 1. The minimum Gasteiger partial charge on any atom is -0.397 e. The van der Waals surface area contributed by atoms with Crippen molar-refractivity contribution in [3.63, 3.8) is 0 Å². The molecule has 2 unspecified atom stereocenters. The van der Waals surface area contributed by atoms with Crippen LogP contribution in [0.25, 0.3) is 10.9 Å². The molecule has 3 rings (SSSR count). The van der Waals surface area contributed by atoms with Gasteiger partial charge in [-0.1, -0.05) is 12.1 Å². The summed E-state index contributed by atoms with van der Waals surface area (Å²) >= 11 is 0. The van der Waals surface area contributed by atoms with Gasteiger partial charge in [0.05, 0.1) is 17.8 Å². The third-order valence-corrected chi connectivity index (χ3v) is 3.86. The van der Waals surface area contributed by atoms with Crippen molar-refractivity contribution in [2.45, 2.75) is 19.4 Å². The zero-order valence-electron chi connectivity index (χ0n) is 11.1. The first-order chi connectivity index (χ1) is 9.25. The van der Waals surface area contributed by atoms with Gasteiger partial charge in [0.15, 0.2) is 0 Å². The molecule has 2 aromatic rings. The van der Waals surface area contributed by atoms with E-state index in [0.717, 1.165) is 41.9 Å². The van der Waals surface area contributed by atoms with Gasteiger partial charge < -0.3 is 15.8 Å². The number of ether oxygens (including phenoxy) is 1. The van der Waals surface area contributed by atoms with Crippen LogP contribution >= 0.6 is 0 Å². The number of aromatic nitrogens is 1. The second-order valence-corrected chi connectivity index (χ2v) is 5.16. The third kappa shape index (κ3) is 2.36. The Hall–Kier alpha value is -1.81. The van der Waals surface area contributed by atoms with E-state index in [-0.39, 0.29) is 0 Å². The lowest BCUT2D eigenvalue weighted by atomic mass is 10.00. The van der Waals surface area contributed by atoms with E-state index in [1.807, 2.05) is 18.2 Å². The SMILES string of the molecule is CC(Nc1ccnc2c(N)cccc12)C1CCOC1. The van der Waals surface area contributed by atoms with E-state index < -0.39 is 0 Å². The Morgan fingerprint density at radius 2 is 2.32 bits per heavy atom. The van der Waals surface area contributed by atoms with Crippen LogP contribution in [0.3, 0.4) is 0 Å². The number of benzene rings is 1. The Kier molecular flexibility index (Phi) is 3.25. The first-order valence-electron chi connectivity index (χ1n) is 6.73. The molecule has 100 valence electrons. The number of fused-ring (bicyclic) bond motifs is 1. The van der Waals surface area contributed by atoms with E-state index in [2.05, 4.69) is 23.3 Å². The molecule has 2 heterocycles. The standard InChI is InChI=1S/C15H19N3O/c1-10(11-6-8-19-9-11)18-14-5-7-17-15-12(14)3-2-4-13(15)16/h2-5,7,10-11H,6,8-9,16H2,1H3,(H,17,18). The highest BCUT2D eigenvalue weighted by atomic mass is 16.5. The summed E-state index contributed by atoms with van der Waals surface area (Å²) in [5.41, 5.74) is 8.65. The fourth-order valence-electron chi connectivity index (χ4n) is 2.63. The molecule has 1 saturated heterocycles. The average Bonchev–Trinajstić information content (AvgIpc) is 2.94. The Bertz CT molecular complexity index is 579. The van der Waals surface area contributed by atoms with Crippen molar-refractivity contribution in [2.75, 3.05) is 24.3 Å². The van der Waals surface area contributed by atoms with E-state index in [9.17, 15) is 0 Å².